The Balaban J connectivity index is 0.000000505. The number of carboxylic acid groups (broad SMARTS) is 1. The fraction of sp³-hybridized carbons (Fsp3) is 0.462. The molecule has 2 amide bonds. The zero-order valence-electron chi connectivity index (χ0n) is 21.3. The number of benzene rings is 2. The summed E-state index contributed by atoms with van der Waals surface area (Å²) >= 11 is 0. The molecule has 2 aromatic carbocycles. The zero-order chi connectivity index (χ0) is 28.1. The molecular weight excluding hydrogens is 510 g/mol. The highest BCUT2D eigenvalue weighted by Crippen LogP contribution is 2.49. The van der Waals surface area contributed by atoms with Gasteiger partial charge in [0.2, 0.25) is 0 Å². The summed E-state index contributed by atoms with van der Waals surface area (Å²) in [6.45, 7) is 1.02. The number of carboxylic acids is 1. The second kappa shape index (κ2) is 11.9. The Bertz CT molecular complexity index is 1130. The molecule has 0 bridgehead atoms. The smallest absolute Gasteiger partial charge is 0.490 e. The minimum absolute atomic E-state index is 0.0416. The third-order valence-electron chi connectivity index (χ3n) is 7.17. The number of hydrogen-bond donors (Lipinski definition) is 3. The number of likely N-dealkylation sites (N-methyl/N-ethyl adjacent to an activating group) is 1. The summed E-state index contributed by atoms with van der Waals surface area (Å²) in [6.07, 6.45) is -1.24. The monoisotopic (exact) mass is 541 g/mol. The fourth-order valence-electron chi connectivity index (χ4n) is 5.28. The van der Waals surface area contributed by atoms with Crippen molar-refractivity contribution in [3.8, 4) is 11.5 Å². The van der Waals surface area contributed by atoms with E-state index in [1.54, 1.807) is 26.4 Å². The number of alkyl halides is 3. The number of nitrogens with one attached hydrogen (secondary N) is 2. The molecule has 208 valence electrons. The predicted molar refractivity (Wildman–Crippen MR) is 132 cm³/mol. The predicted octanol–water partition coefficient (Wildman–Crippen LogP) is 4.79. The van der Waals surface area contributed by atoms with Crippen LogP contribution < -0.4 is 20.1 Å². The van der Waals surface area contributed by atoms with E-state index >= 15 is 0 Å². The van der Waals surface area contributed by atoms with Gasteiger partial charge in [-0.15, -0.1) is 0 Å². The van der Waals surface area contributed by atoms with Gasteiger partial charge in [-0.3, -0.25) is 0 Å². The molecule has 1 saturated carbocycles. The number of carbonyl (C=O) groups excluding carboxylic acids is 1. The summed E-state index contributed by atoms with van der Waals surface area (Å²) in [6, 6.07) is 12.2. The topological polar surface area (TPSA) is 100 Å². The summed E-state index contributed by atoms with van der Waals surface area (Å²) in [5.41, 5.74) is 1.89. The highest BCUT2D eigenvalue weighted by atomic mass is 19.4. The van der Waals surface area contributed by atoms with Crippen molar-refractivity contribution in [2.75, 3.05) is 33.1 Å². The third-order valence-corrected chi connectivity index (χ3v) is 7.17. The maximum Gasteiger partial charge on any atom is 0.490 e. The van der Waals surface area contributed by atoms with Crippen LogP contribution in [0, 0.1) is 5.82 Å². The highest BCUT2D eigenvalue weighted by Gasteiger charge is 2.50. The molecular formula is C26H31F4N3O5. The first kappa shape index (κ1) is 29.0. The van der Waals surface area contributed by atoms with Gasteiger partial charge in [-0.05, 0) is 81.2 Å². The van der Waals surface area contributed by atoms with Gasteiger partial charge >= 0.3 is 18.2 Å². The van der Waals surface area contributed by atoms with Gasteiger partial charge in [0.25, 0.3) is 0 Å². The van der Waals surface area contributed by atoms with Gasteiger partial charge in [0.05, 0.1) is 14.2 Å². The molecule has 3 N–H and O–H groups in total. The van der Waals surface area contributed by atoms with Crippen molar-refractivity contribution in [2.24, 2.45) is 0 Å². The summed E-state index contributed by atoms with van der Waals surface area (Å²) in [5, 5.41) is 13.0. The molecule has 2 fully saturated rings. The van der Waals surface area contributed by atoms with Crippen LogP contribution >= 0.6 is 0 Å². The van der Waals surface area contributed by atoms with Crippen LogP contribution in [0.1, 0.15) is 31.2 Å². The molecule has 1 saturated heterocycles. The van der Waals surface area contributed by atoms with Crippen LogP contribution in [0.5, 0.6) is 11.5 Å². The van der Waals surface area contributed by atoms with E-state index in [1.807, 2.05) is 6.07 Å². The van der Waals surface area contributed by atoms with Crippen molar-refractivity contribution in [3.05, 3.63) is 53.8 Å². The SMILES string of the molecule is COc1ccc(C23CCC(NC(=O)Nc4ccc(F)cc4)CC2N(C)CC3)cc1OC.O=C(O)C(F)(F)F. The minimum atomic E-state index is -5.08. The molecule has 8 nitrogen and oxygen atoms in total. The van der Waals surface area contributed by atoms with E-state index in [0.29, 0.717) is 11.7 Å². The second-order valence-electron chi connectivity index (χ2n) is 9.35. The molecule has 0 spiro atoms. The minimum Gasteiger partial charge on any atom is -0.493 e. The number of rotatable bonds is 5. The quantitative estimate of drug-likeness (QED) is 0.471. The molecule has 2 aliphatic rings. The number of likely N-dealkylation sites (tertiary alicyclic amines) is 1. The number of anilines is 1. The molecule has 12 heteroatoms. The Morgan fingerprint density at radius 1 is 1.05 bits per heavy atom. The highest BCUT2D eigenvalue weighted by molar-refractivity contribution is 5.89. The molecule has 38 heavy (non-hydrogen) atoms. The maximum atomic E-state index is 13.1. The van der Waals surface area contributed by atoms with Gasteiger partial charge in [0.1, 0.15) is 5.82 Å². The molecule has 1 aliphatic carbocycles. The van der Waals surface area contributed by atoms with Crippen LogP contribution in [0.4, 0.5) is 28.0 Å². The second-order valence-corrected chi connectivity index (χ2v) is 9.35. The van der Waals surface area contributed by atoms with Gasteiger partial charge < -0.3 is 30.1 Å². The van der Waals surface area contributed by atoms with Gasteiger partial charge in [0, 0.05) is 23.2 Å². The molecule has 3 atom stereocenters. The summed E-state index contributed by atoms with van der Waals surface area (Å²) < 4.78 is 55.8. The lowest BCUT2D eigenvalue weighted by Gasteiger charge is -2.45. The van der Waals surface area contributed by atoms with E-state index in [2.05, 4.69) is 34.7 Å². The Hall–Kier alpha value is -3.54. The number of methoxy groups -OCH3 is 2. The molecule has 4 rings (SSSR count). The van der Waals surface area contributed by atoms with E-state index in [-0.39, 0.29) is 23.3 Å². The first-order valence-corrected chi connectivity index (χ1v) is 12.0. The number of carbonyl (C=O) groups is 2. The molecule has 0 aromatic heterocycles. The van der Waals surface area contributed by atoms with E-state index < -0.39 is 12.1 Å². The van der Waals surface area contributed by atoms with Crippen molar-refractivity contribution in [1.29, 1.82) is 0 Å². The Morgan fingerprint density at radius 3 is 2.26 bits per heavy atom. The van der Waals surface area contributed by atoms with Crippen LogP contribution in [0.2, 0.25) is 0 Å². The molecule has 0 radical (unpaired) electrons. The van der Waals surface area contributed by atoms with Gasteiger partial charge in [-0.2, -0.15) is 13.2 Å². The largest absolute Gasteiger partial charge is 0.493 e. The van der Waals surface area contributed by atoms with Gasteiger partial charge in [-0.1, -0.05) is 6.07 Å². The molecule has 1 aliphatic heterocycles. The third kappa shape index (κ3) is 6.66. The number of amides is 2. The van der Waals surface area contributed by atoms with E-state index in [0.717, 1.165) is 43.7 Å². The van der Waals surface area contributed by atoms with Crippen molar-refractivity contribution < 1.29 is 41.7 Å². The molecule has 2 aromatic rings. The number of fused-ring (bicyclic) bond motifs is 1. The van der Waals surface area contributed by atoms with Crippen LogP contribution in [-0.2, 0) is 10.2 Å². The normalized spacial score (nSPS) is 22.9. The molecule has 1 heterocycles. The lowest BCUT2D eigenvalue weighted by Crippen LogP contribution is -2.52. The number of urea groups is 1. The molecule has 3 unspecified atom stereocenters. The Kier molecular flexibility index (Phi) is 9.08. The standard InChI is InChI=1S/C24H30FN3O3.C2HF3O2/c1-28-13-12-24(16-4-9-20(30-2)21(14-16)31-3)11-10-19(15-22(24)28)27-23(29)26-18-7-5-17(25)6-8-18;3-2(4,5)1(6)7/h4-9,14,19,22H,10-13,15H2,1-3H3,(H2,26,27,29);(H,6,7). The van der Waals surface area contributed by atoms with Crippen LogP contribution in [0.3, 0.4) is 0 Å². The van der Waals surface area contributed by atoms with E-state index in [1.165, 1.54) is 17.7 Å². The van der Waals surface area contributed by atoms with E-state index in [9.17, 15) is 22.4 Å². The van der Waals surface area contributed by atoms with Gasteiger partial charge in [0.15, 0.2) is 11.5 Å². The van der Waals surface area contributed by atoms with Crippen molar-refractivity contribution in [3.63, 3.8) is 0 Å². The number of ether oxygens (including phenoxy) is 2. The Labute approximate surface area is 217 Å². The summed E-state index contributed by atoms with van der Waals surface area (Å²) in [4.78, 5) is 23.8. The number of aliphatic carboxylic acids is 1. The first-order valence-electron chi connectivity index (χ1n) is 12.0. The Morgan fingerprint density at radius 2 is 1.68 bits per heavy atom. The number of hydrogen-bond acceptors (Lipinski definition) is 5. The lowest BCUT2D eigenvalue weighted by atomic mass is 9.65. The summed E-state index contributed by atoms with van der Waals surface area (Å²) in [7, 11) is 5.47. The van der Waals surface area contributed by atoms with E-state index in [4.69, 9.17) is 19.4 Å². The lowest BCUT2D eigenvalue weighted by molar-refractivity contribution is -0.192. The van der Waals surface area contributed by atoms with Crippen molar-refractivity contribution in [2.45, 2.75) is 49.4 Å². The average molecular weight is 542 g/mol. The number of nitrogens with zero attached hydrogens (tertiary/aromatic N) is 1. The van der Waals surface area contributed by atoms with Crippen LogP contribution in [0.25, 0.3) is 0 Å². The fourth-order valence-corrected chi connectivity index (χ4v) is 5.28. The van der Waals surface area contributed by atoms with Crippen LogP contribution in [0.15, 0.2) is 42.5 Å². The zero-order valence-corrected chi connectivity index (χ0v) is 21.3. The van der Waals surface area contributed by atoms with Crippen molar-refractivity contribution >= 4 is 17.7 Å². The first-order chi connectivity index (χ1) is 17.9. The summed E-state index contributed by atoms with van der Waals surface area (Å²) in [5.74, 6) is -1.60. The van der Waals surface area contributed by atoms with Crippen LogP contribution in [-0.4, -0.2) is 68.1 Å². The van der Waals surface area contributed by atoms with Crippen molar-refractivity contribution in [1.82, 2.24) is 10.2 Å². The number of halogens is 4. The average Bonchev–Trinajstić information content (AvgIpc) is 3.21. The maximum absolute atomic E-state index is 13.1. The van der Waals surface area contributed by atoms with Gasteiger partial charge in [-0.25, -0.2) is 14.0 Å².